The number of ketones is 1. The maximum Gasteiger partial charge on any atom is 0.174 e. The van der Waals surface area contributed by atoms with Crippen LogP contribution in [0.5, 0.6) is 0 Å². The molecule has 2 heterocycles. The summed E-state index contributed by atoms with van der Waals surface area (Å²) in [5, 5.41) is 2.15. The van der Waals surface area contributed by atoms with Crippen LogP contribution in [0.2, 0.25) is 0 Å². The number of benzene rings is 1. The van der Waals surface area contributed by atoms with Crippen LogP contribution in [0, 0.1) is 13.8 Å². The fraction of sp³-hybridized carbons (Fsp3) is 0.250. The molecule has 4 heteroatoms. The Hall–Kier alpha value is -1.94. The van der Waals surface area contributed by atoms with Gasteiger partial charge in [-0.25, -0.2) is 4.98 Å². The number of rotatable bonds is 4. The van der Waals surface area contributed by atoms with E-state index in [-0.39, 0.29) is 5.78 Å². The first-order valence-electron chi connectivity index (χ1n) is 6.66. The number of fused-ring (bicyclic) bond motifs is 1. The van der Waals surface area contributed by atoms with Gasteiger partial charge in [0.15, 0.2) is 5.78 Å². The van der Waals surface area contributed by atoms with E-state index in [1.54, 1.807) is 6.20 Å². The minimum atomic E-state index is 0.181. The number of nitrogens with zero attached hydrogens (tertiary/aromatic N) is 1. The van der Waals surface area contributed by atoms with Gasteiger partial charge in [-0.05, 0) is 49.4 Å². The zero-order valence-electron chi connectivity index (χ0n) is 11.6. The molecule has 2 aromatic heterocycles. The van der Waals surface area contributed by atoms with E-state index in [1.165, 1.54) is 22.3 Å². The van der Waals surface area contributed by atoms with Gasteiger partial charge < -0.3 is 4.98 Å². The molecule has 1 N–H and O–H groups in total. The Bertz CT molecular complexity index is 770. The fourth-order valence-electron chi connectivity index (χ4n) is 2.35. The summed E-state index contributed by atoms with van der Waals surface area (Å²) in [6.07, 6.45) is 2.99. The van der Waals surface area contributed by atoms with Crippen molar-refractivity contribution in [2.45, 2.75) is 26.7 Å². The average Bonchev–Trinajstić information content (AvgIpc) is 3.00. The van der Waals surface area contributed by atoms with Crippen LogP contribution in [0.15, 0.2) is 30.5 Å². The van der Waals surface area contributed by atoms with Gasteiger partial charge in [-0.2, -0.15) is 0 Å². The van der Waals surface area contributed by atoms with Crippen LogP contribution in [0.25, 0.3) is 10.9 Å². The third-order valence-corrected chi connectivity index (χ3v) is 4.31. The van der Waals surface area contributed by atoms with Crippen LogP contribution in [0.1, 0.15) is 32.4 Å². The molecule has 0 saturated carbocycles. The van der Waals surface area contributed by atoms with Crippen molar-refractivity contribution in [2.24, 2.45) is 0 Å². The standard InChI is InChI=1S/C16H16N2OS/c1-10-7-13-8-12(3-5-14(13)18-10)4-6-15(19)16-9-17-11(2)20-16/h3,5,7-9,18H,4,6H2,1-2H3. The average molecular weight is 284 g/mol. The lowest BCUT2D eigenvalue weighted by atomic mass is 10.1. The van der Waals surface area contributed by atoms with Crippen molar-refractivity contribution < 1.29 is 4.79 Å². The van der Waals surface area contributed by atoms with Crippen molar-refractivity contribution in [3.8, 4) is 0 Å². The van der Waals surface area contributed by atoms with Crippen molar-refractivity contribution in [3.05, 3.63) is 51.6 Å². The van der Waals surface area contributed by atoms with Gasteiger partial charge in [-0.3, -0.25) is 4.79 Å². The lowest BCUT2D eigenvalue weighted by Gasteiger charge is -2.00. The predicted molar refractivity (Wildman–Crippen MR) is 82.5 cm³/mol. The van der Waals surface area contributed by atoms with Crippen LogP contribution in [-0.4, -0.2) is 15.8 Å². The molecule has 0 spiro atoms. The Kier molecular flexibility index (Phi) is 3.40. The fourth-order valence-corrected chi connectivity index (χ4v) is 3.10. The Balaban J connectivity index is 1.71. The van der Waals surface area contributed by atoms with Gasteiger partial charge in [0.05, 0.1) is 9.88 Å². The highest BCUT2D eigenvalue weighted by atomic mass is 32.1. The summed E-state index contributed by atoms with van der Waals surface area (Å²) < 4.78 is 0. The number of carbonyl (C=O) groups excluding carboxylic acids is 1. The molecule has 0 saturated heterocycles. The number of aromatic amines is 1. The van der Waals surface area contributed by atoms with Gasteiger partial charge >= 0.3 is 0 Å². The number of H-pyrrole nitrogens is 1. The second-order valence-electron chi connectivity index (χ2n) is 5.04. The monoisotopic (exact) mass is 284 g/mol. The highest BCUT2D eigenvalue weighted by molar-refractivity contribution is 7.13. The molecular formula is C16H16N2OS. The summed E-state index contributed by atoms with van der Waals surface area (Å²) in [6.45, 7) is 3.97. The molecule has 0 aliphatic carbocycles. The number of Topliss-reactive ketones (excluding diaryl/α,β-unsaturated/α-hetero) is 1. The van der Waals surface area contributed by atoms with Crippen molar-refractivity contribution in [1.82, 2.24) is 9.97 Å². The molecule has 3 nitrogen and oxygen atoms in total. The molecule has 0 fully saturated rings. The number of carbonyl (C=O) groups is 1. The topological polar surface area (TPSA) is 45.8 Å². The summed E-state index contributed by atoms with van der Waals surface area (Å²) in [4.78, 5) is 20.3. The van der Waals surface area contributed by atoms with E-state index in [0.29, 0.717) is 6.42 Å². The molecule has 0 atom stereocenters. The molecule has 3 aromatic rings. The van der Waals surface area contributed by atoms with Gasteiger partial charge in [0, 0.05) is 23.8 Å². The maximum absolute atomic E-state index is 12.1. The SMILES string of the molecule is Cc1cc2cc(CCC(=O)c3cnc(C)s3)ccc2[nH]1. The summed E-state index contributed by atoms with van der Waals surface area (Å²) >= 11 is 1.47. The lowest BCUT2D eigenvalue weighted by Crippen LogP contribution is -1.98. The van der Waals surface area contributed by atoms with E-state index < -0.39 is 0 Å². The van der Waals surface area contributed by atoms with Crippen LogP contribution in [-0.2, 0) is 6.42 Å². The summed E-state index contributed by atoms with van der Waals surface area (Å²) in [7, 11) is 0. The van der Waals surface area contributed by atoms with Crippen molar-refractivity contribution in [2.75, 3.05) is 0 Å². The first-order chi connectivity index (χ1) is 9.61. The molecule has 0 aliphatic rings. The number of aromatic nitrogens is 2. The Morgan fingerprint density at radius 1 is 1.30 bits per heavy atom. The predicted octanol–water partition coefficient (Wildman–Crippen LogP) is 4.06. The minimum absolute atomic E-state index is 0.181. The number of nitrogens with one attached hydrogen (secondary N) is 1. The maximum atomic E-state index is 12.1. The molecule has 0 unspecified atom stereocenters. The summed E-state index contributed by atoms with van der Waals surface area (Å²) in [5.74, 6) is 0.181. The van der Waals surface area contributed by atoms with E-state index >= 15 is 0 Å². The first kappa shape index (κ1) is 13.1. The van der Waals surface area contributed by atoms with E-state index in [4.69, 9.17) is 0 Å². The highest BCUT2D eigenvalue weighted by Gasteiger charge is 2.09. The smallest absolute Gasteiger partial charge is 0.174 e. The van der Waals surface area contributed by atoms with E-state index in [0.717, 1.165) is 27.5 Å². The normalized spacial score (nSPS) is 11.1. The molecule has 3 rings (SSSR count). The van der Waals surface area contributed by atoms with E-state index in [9.17, 15) is 4.79 Å². The molecule has 1 aromatic carbocycles. The molecule has 0 aliphatic heterocycles. The number of aryl methyl sites for hydroxylation is 3. The summed E-state index contributed by atoms with van der Waals surface area (Å²) in [5.41, 5.74) is 3.51. The van der Waals surface area contributed by atoms with Gasteiger partial charge in [0.25, 0.3) is 0 Å². The van der Waals surface area contributed by atoms with Crippen LogP contribution < -0.4 is 0 Å². The minimum Gasteiger partial charge on any atom is -0.359 e. The number of hydrogen-bond donors (Lipinski definition) is 1. The number of thiazole rings is 1. The molecule has 0 bridgehead atoms. The van der Waals surface area contributed by atoms with Crippen LogP contribution >= 0.6 is 11.3 Å². The lowest BCUT2D eigenvalue weighted by molar-refractivity contribution is 0.0986. The zero-order valence-corrected chi connectivity index (χ0v) is 12.4. The zero-order chi connectivity index (χ0) is 14.1. The largest absolute Gasteiger partial charge is 0.359 e. The molecule has 102 valence electrons. The van der Waals surface area contributed by atoms with Crippen LogP contribution in [0.3, 0.4) is 0 Å². The number of hydrogen-bond acceptors (Lipinski definition) is 3. The third kappa shape index (κ3) is 2.65. The van der Waals surface area contributed by atoms with Gasteiger partial charge in [0.1, 0.15) is 0 Å². The first-order valence-corrected chi connectivity index (χ1v) is 7.47. The molecular weight excluding hydrogens is 268 g/mol. The second kappa shape index (κ2) is 5.21. The quantitative estimate of drug-likeness (QED) is 0.734. The van der Waals surface area contributed by atoms with Crippen LogP contribution in [0.4, 0.5) is 0 Å². The van der Waals surface area contributed by atoms with E-state index in [1.807, 2.05) is 6.92 Å². The summed E-state index contributed by atoms with van der Waals surface area (Å²) in [6, 6.07) is 8.46. The van der Waals surface area contributed by atoms with Gasteiger partial charge in [-0.1, -0.05) is 6.07 Å². The van der Waals surface area contributed by atoms with Gasteiger partial charge in [0.2, 0.25) is 0 Å². The van der Waals surface area contributed by atoms with Crippen molar-refractivity contribution in [1.29, 1.82) is 0 Å². The second-order valence-corrected chi connectivity index (χ2v) is 6.28. The Morgan fingerprint density at radius 3 is 2.90 bits per heavy atom. The molecule has 20 heavy (non-hydrogen) atoms. The molecule has 0 amide bonds. The van der Waals surface area contributed by atoms with Crippen molar-refractivity contribution >= 4 is 28.0 Å². The van der Waals surface area contributed by atoms with Crippen molar-refractivity contribution in [3.63, 3.8) is 0 Å². The highest BCUT2D eigenvalue weighted by Crippen LogP contribution is 2.19. The van der Waals surface area contributed by atoms with E-state index in [2.05, 4.69) is 41.2 Å². The van der Waals surface area contributed by atoms with Gasteiger partial charge in [-0.15, -0.1) is 11.3 Å². The molecule has 0 radical (unpaired) electrons. The third-order valence-electron chi connectivity index (χ3n) is 3.36. The Labute approximate surface area is 121 Å². The Morgan fingerprint density at radius 2 is 2.15 bits per heavy atom.